The number of nitrogens with two attached hydrogens (primary N) is 1. The lowest BCUT2D eigenvalue weighted by molar-refractivity contribution is 0.408. The van der Waals surface area contributed by atoms with Crippen molar-refractivity contribution in [3.05, 3.63) is 47.0 Å². The van der Waals surface area contributed by atoms with E-state index in [1.165, 1.54) is 27.8 Å². The molecule has 3 heteroatoms. The highest BCUT2D eigenvalue weighted by Gasteiger charge is 2.23. The first-order valence-corrected chi connectivity index (χ1v) is 7.34. The average Bonchev–Trinajstić information content (AvgIpc) is 2.90. The Bertz CT molecular complexity index is 665. The van der Waals surface area contributed by atoms with Crippen LogP contribution in [0.15, 0.2) is 30.3 Å². The largest absolute Gasteiger partial charge is 0.497 e. The van der Waals surface area contributed by atoms with Crippen LogP contribution in [0, 0.1) is 0 Å². The fraction of sp³-hybridized carbons (Fsp3) is 0.333. The maximum atomic E-state index is 5.68. The van der Waals surface area contributed by atoms with Crippen molar-refractivity contribution in [3.63, 3.8) is 0 Å². The van der Waals surface area contributed by atoms with E-state index in [0.29, 0.717) is 6.54 Å². The monoisotopic (exact) mass is 283 g/mol. The molecule has 2 aromatic rings. The maximum absolute atomic E-state index is 5.68. The topological polar surface area (TPSA) is 44.5 Å². The molecule has 110 valence electrons. The van der Waals surface area contributed by atoms with Gasteiger partial charge in [0.05, 0.1) is 14.2 Å². The van der Waals surface area contributed by atoms with Crippen molar-refractivity contribution in [1.82, 2.24) is 0 Å². The molecule has 2 N–H and O–H groups in total. The third-order valence-electron chi connectivity index (χ3n) is 4.21. The normalized spacial score (nSPS) is 12.0. The Morgan fingerprint density at radius 1 is 1.05 bits per heavy atom. The average molecular weight is 283 g/mol. The molecule has 0 radical (unpaired) electrons. The molecule has 0 unspecified atom stereocenters. The molecular weight excluding hydrogens is 262 g/mol. The van der Waals surface area contributed by atoms with Gasteiger partial charge in [0.15, 0.2) is 0 Å². The Balaban J connectivity index is 2.07. The van der Waals surface area contributed by atoms with Crippen LogP contribution >= 0.6 is 0 Å². The molecule has 0 spiro atoms. The minimum Gasteiger partial charge on any atom is -0.497 e. The van der Waals surface area contributed by atoms with Crippen LogP contribution in [0.5, 0.6) is 11.5 Å². The van der Waals surface area contributed by atoms with Crippen LogP contribution in [-0.2, 0) is 12.8 Å². The summed E-state index contributed by atoms with van der Waals surface area (Å²) in [6, 6.07) is 10.5. The van der Waals surface area contributed by atoms with E-state index in [9.17, 15) is 0 Å². The molecule has 21 heavy (non-hydrogen) atoms. The van der Waals surface area contributed by atoms with Gasteiger partial charge in [0.1, 0.15) is 11.5 Å². The lowest BCUT2D eigenvalue weighted by Crippen LogP contribution is -2.04. The smallest absolute Gasteiger partial charge is 0.122 e. The van der Waals surface area contributed by atoms with Gasteiger partial charge < -0.3 is 15.2 Å². The SMILES string of the molecule is COc1ccc2c(c1)Cc1c-2ccc(OC)c1CCCN. The summed E-state index contributed by atoms with van der Waals surface area (Å²) in [6.07, 6.45) is 2.89. The van der Waals surface area contributed by atoms with Gasteiger partial charge in [0.2, 0.25) is 0 Å². The summed E-state index contributed by atoms with van der Waals surface area (Å²) >= 11 is 0. The second kappa shape index (κ2) is 5.78. The van der Waals surface area contributed by atoms with Gasteiger partial charge in [-0.25, -0.2) is 0 Å². The number of rotatable bonds is 5. The molecule has 0 aromatic heterocycles. The lowest BCUT2D eigenvalue weighted by Gasteiger charge is -2.13. The van der Waals surface area contributed by atoms with E-state index in [2.05, 4.69) is 24.3 Å². The van der Waals surface area contributed by atoms with E-state index in [4.69, 9.17) is 15.2 Å². The zero-order chi connectivity index (χ0) is 14.8. The second-order valence-electron chi connectivity index (χ2n) is 5.36. The Labute approximate surface area is 125 Å². The van der Waals surface area contributed by atoms with Crippen LogP contribution in [-0.4, -0.2) is 20.8 Å². The van der Waals surface area contributed by atoms with Crippen LogP contribution in [0.3, 0.4) is 0 Å². The van der Waals surface area contributed by atoms with E-state index in [1.807, 2.05) is 6.07 Å². The summed E-state index contributed by atoms with van der Waals surface area (Å²) in [7, 11) is 3.44. The number of methoxy groups -OCH3 is 2. The Hall–Kier alpha value is -2.00. The lowest BCUT2D eigenvalue weighted by atomic mass is 9.97. The van der Waals surface area contributed by atoms with E-state index in [-0.39, 0.29) is 0 Å². The Morgan fingerprint density at radius 3 is 2.57 bits per heavy atom. The number of fused-ring (bicyclic) bond motifs is 3. The van der Waals surface area contributed by atoms with Crippen LogP contribution in [0.4, 0.5) is 0 Å². The first-order chi connectivity index (χ1) is 10.3. The molecule has 0 fully saturated rings. The minimum absolute atomic E-state index is 0.702. The maximum Gasteiger partial charge on any atom is 0.122 e. The van der Waals surface area contributed by atoms with Gasteiger partial charge in [0.25, 0.3) is 0 Å². The van der Waals surface area contributed by atoms with Crippen molar-refractivity contribution >= 4 is 0 Å². The van der Waals surface area contributed by atoms with Crippen molar-refractivity contribution in [2.75, 3.05) is 20.8 Å². The molecule has 0 aliphatic heterocycles. The number of hydrogen-bond donors (Lipinski definition) is 1. The Morgan fingerprint density at radius 2 is 1.86 bits per heavy atom. The highest BCUT2D eigenvalue weighted by atomic mass is 16.5. The summed E-state index contributed by atoms with van der Waals surface area (Å²) in [4.78, 5) is 0. The zero-order valence-corrected chi connectivity index (χ0v) is 12.6. The molecule has 1 aliphatic rings. The van der Waals surface area contributed by atoms with Gasteiger partial charge >= 0.3 is 0 Å². The van der Waals surface area contributed by atoms with Crippen molar-refractivity contribution in [1.29, 1.82) is 0 Å². The van der Waals surface area contributed by atoms with Gasteiger partial charge in [-0.2, -0.15) is 0 Å². The predicted octanol–water partition coefficient (Wildman–Crippen LogP) is 3.17. The number of ether oxygens (including phenoxy) is 2. The molecule has 3 rings (SSSR count). The van der Waals surface area contributed by atoms with E-state index in [1.54, 1.807) is 14.2 Å². The molecular formula is C18H21NO2. The summed E-state index contributed by atoms with van der Waals surface area (Å²) in [5.41, 5.74) is 12.3. The molecule has 0 saturated carbocycles. The van der Waals surface area contributed by atoms with Crippen molar-refractivity contribution in [2.45, 2.75) is 19.3 Å². The molecule has 0 saturated heterocycles. The zero-order valence-electron chi connectivity index (χ0n) is 12.6. The van der Waals surface area contributed by atoms with Gasteiger partial charge in [-0.05, 0) is 71.8 Å². The molecule has 3 nitrogen and oxygen atoms in total. The molecule has 2 aromatic carbocycles. The summed E-state index contributed by atoms with van der Waals surface area (Å²) in [6.45, 7) is 0.702. The van der Waals surface area contributed by atoms with Crippen molar-refractivity contribution in [2.24, 2.45) is 5.73 Å². The number of hydrogen-bond acceptors (Lipinski definition) is 3. The van der Waals surface area contributed by atoms with Gasteiger partial charge in [-0.15, -0.1) is 0 Å². The molecule has 0 atom stereocenters. The summed E-state index contributed by atoms with van der Waals surface area (Å²) in [5.74, 6) is 1.89. The van der Waals surface area contributed by atoms with Gasteiger partial charge in [-0.1, -0.05) is 12.1 Å². The van der Waals surface area contributed by atoms with Crippen LogP contribution in [0.25, 0.3) is 11.1 Å². The third-order valence-corrected chi connectivity index (χ3v) is 4.21. The molecule has 0 bridgehead atoms. The Kier molecular flexibility index (Phi) is 3.84. The third kappa shape index (κ3) is 2.38. The van der Waals surface area contributed by atoms with Crippen molar-refractivity contribution in [3.8, 4) is 22.6 Å². The quantitative estimate of drug-likeness (QED) is 0.782. The summed E-state index contributed by atoms with van der Waals surface area (Å²) in [5, 5.41) is 0. The molecule has 0 heterocycles. The van der Waals surface area contributed by atoms with E-state index in [0.717, 1.165) is 30.8 Å². The molecule has 0 amide bonds. The van der Waals surface area contributed by atoms with Crippen LogP contribution in [0.1, 0.15) is 23.1 Å². The van der Waals surface area contributed by atoms with Crippen LogP contribution in [0.2, 0.25) is 0 Å². The fourth-order valence-electron chi connectivity index (χ4n) is 3.17. The highest BCUT2D eigenvalue weighted by molar-refractivity contribution is 5.79. The molecule has 1 aliphatic carbocycles. The van der Waals surface area contributed by atoms with Gasteiger partial charge in [0, 0.05) is 0 Å². The minimum atomic E-state index is 0.702. The highest BCUT2D eigenvalue weighted by Crippen LogP contribution is 2.42. The van der Waals surface area contributed by atoms with Gasteiger partial charge in [-0.3, -0.25) is 0 Å². The van der Waals surface area contributed by atoms with Crippen molar-refractivity contribution < 1.29 is 9.47 Å². The predicted molar refractivity (Wildman–Crippen MR) is 85.2 cm³/mol. The fourth-order valence-corrected chi connectivity index (χ4v) is 3.17. The second-order valence-corrected chi connectivity index (χ2v) is 5.36. The van der Waals surface area contributed by atoms with E-state index < -0.39 is 0 Å². The van der Waals surface area contributed by atoms with Crippen LogP contribution < -0.4 is 15.2 Å². The number of benzene rings is 2. The summed E-state index contributed by atoms with van der Waals surface area (Å²) < 4.78 is 10.9. The first kappa shape index (κ1) is 14.0. The first-order valence-electron chi connectivity index (χ1n) is 7.34. The standard InChI is InChI=1S/C18H21NO2/c1-20-13-5-6-14-12(10-13)11-17-15(14)7-8-18(21-2)16(17)4-3-9-19/h5-8,10H,3-4,9,11,19H2,1-2H3. The van der Waals surface area contributed by atoms with E-state index >= 15 is 0 Å².